The lowest BCUT2D eigenvalue weighted by molar-refractivity contribution is -0.112. The zero-order valence-electron chi connectivity index (χ0n) is 14.5. The molecule has 0 atom stereocenters. The fourth-order valence-electron chi connectivity index (χ4n) is 1.99. The zero-order chi connectivity index (χ0) is 18.4. The maximum atomic E-state index is 12.4. The van der Waals surface area contributed by atoms with Gasteiger partial charge in [-0.3, -0.25) is 14.6 Å². The summed E-state index contributed by atoms with van der Waals surface area (Å²) in [6.07, 6.45) is 1.48. The first-order chi connectivity index (χ1) is 11.1. The summed E-state index contributed by atoms with van der Waals surface area (Å²) >= 11 is 3.38. The number of carbonyl (C=O) groups excluding carboxylic acids is 2. The summed E-state index contributed by atoms with van der Waals surface area (Å²) in [6.45, 7) is 7.21. The van der Waals surface area contributed by atoms with Crippen LogP contribution in [-0.2, 0) is 4.79 Å². The third-order valence-corrected chi connectivity index (χ3v) is 3.64. The fourth-order valence-corrected chi connectivity index (χ4v) is 2.56. The molecule has 7 heteroatoms. The van der Waals surface area contributed by atoms with Crippen LogP contribution in [0, 0.1) is 6.92 Å². The third kappa shape index (κ3) is 5.49. The van der Waals surface area contributed by atoms with Gasteiger partial charge in [-0.2, -0.15) is 0 Å². The minimum Gasteiger partial charge on any atom is -0.384 e. The Morgan fingerprint density at radius 1 is 1.33 bits per heavy atom. The van der Waals surface area contributed by atoms with Crippen LogP contribution >= 0.6 is 15.9 Å². The average Bonchev–Trinajstić information content (AvgIpc) is 2.48. The number of aryl methyl sites for hydroxylation is 1. The van der Waals surface area contributed by atoms with E-state index in [-0.39, 0.29) is 23.7 Å². The number of benzene rings is 1. The number of hydrogen-bond donors (Lipinski definition) is 3. The number of amidine groups is 1. The predicted octanol–water partition coefficient (Wildman–Crippen LogP) is 2.77. The summed E-state index contributed by atoms with van der Waals surface area (Å²) in [4.78, 5) is 28.6. The molecule has 130 valence electrons. The van der Waals surface area contributed by atoms with Gasteiger partial charge in [-0.1, -0.05) is 15.9 Å². The molecule has 0 saturated carbocycles. The van der Waals surface area contributed by atoms with Crippen molar-refractivity contribution in [3.05, 3.63) is 39.4 Å². The highest BCUT2D eigenvalue weighted by Crippen LogP contribution is 2.26. The lowest BCUT2D eigenvalue weighted by atomic mass is 10.1. The predicted molar refractivity (Wildman–Crippen MR) is 101 cm³/mol. The Kier molecular flexibility index (Phi) is 7.16. The van der Waals surface area contributed by atoms with Gasteiger partial charge < -0.3 is 16.4 Å². The Bertz CT molecular complexity index is 709. The number of anilines is 1. The maximum absolute atomic E-state index is 12.4. The van der Waals surface area contributed by atoms with E-state index < -0.39 is 0 Å². The summed E-state index contributed by atoms with van der Waals surface area (Å²) in [6, 6.07) is 3.51. The molecule has 0 unspecified atom stereocenters. The normalized spacial score (nSPS) is 12.3. The summed E-state index contributed by atoms with van der Waals surface area (Å²) in [5.41, 5.74) is 7.65. The van der Waals surface area contributed by atoms with E-state index in [0.717, 1.165) is 10.0 Å². The molecule has 0 saturated heterocycles. The van der Waals surface area contributed by atoms with Gasteiger partial charge in [0.2, 0.25) is 0 Å². The second kappa shape index (κ2) is 8.63. The van der Waals surface area contributed by atoms with E-state index in [2.05, 4.69) is 31.6 Å². The van der Waals surface area contributed by atoms with Gasteiger partial charge in [0.1, 0.15) is 5.84 Å². The summed E-state index contributed by atoms with van der Waals surface area (Å²) in [5, 5.41) is 5.62. The van der Waals surface area contributed by atoms with E-state index in [4.69, 9.17) is 5.73 Å². The van der Waals surface area contributed by atoms with E-state index in [1.54, 1.807) is 20.0 Å². The van der Waals surface area contributed by atoms with Gasteiger partial charge in [0.25, 0.3) is 11.8 Å². The molecule has 0 aliphatic rings. The molecular formula is C17H23BrN4O2. The van der Waals surface area contributed by atoms with E-state index in [1.807, 2.05) is 26.8 Å². The van der Waals surface area contributed by atoms with E-state index in [0.29, 0.717) is 16.8 Å². The van der Waals surface area contributed by atoms with E-state index in [1.165, 1.54) is 6.08 Å². The van der Waals surface area contributed by atoms with Crippen molar-refractivity contribution in [1.29, 1.82) is 0 Å². The topological polar surface area (TPSA) is 96.6 Å². The smallest absolute Gasteiger partial charge is 0.253 e. The average molecular weight is 395 g/mol. The van der Waals surface area contributed by atoms with Gasteiger partial charge in [0, 0.05) is 23.1 Å². The van der Waals surface area contributed by atoms with Crippen molar-refractivity contribution >= 4 is 39.3 Å². The van der Waals surface area contributed by atoms with Gasteiger partial charge in [0.15, 0.2) is 0 Å². The van der Waals surface area contributed by atoms with Crippen LogP contribution in [0.1, 0.15) is 36.7 Å². The summed E-state index contributed by atoms with van der Waals surface area (Å²) < 4.78 is 0.765. The highest BCUT2D eigenvalue weighted by atomic mass is 79.9. The quantitative estimate of drug-likeness (QED) is 0.406. The van der Waals surface area contributed by atoms with Crippen LogP contribution < -0.4 is 16.4 Å². The first kappa shape index (κ1) is 19.9. The number of aliphatic imine (C=N–C) groups is 1. The Labute approximate surface area is 150 Å². The molecule has 24 heavy (non-hydrogen) atoms. The highest BCUT2D eigenvalue weighted by Gasteiger charge is 2.18. The molecule has 0 heterocycles. The highest BCUT2D eigenvalue weighted by molar-refractivity contribution is 9.10. The Morgan fingerprint density at radius 2 is 1.96 bits per heavy atom. The SMILES string of the molecule is CN=C(N)/C=C(\C)C(=O)Nc1c(C)cc(Br)cc1C(=O)NC(C)C. The molecule has 1 rings (SSSR count). The van der Waals surface area contributed by atoms with Gasteiger partial charge in [-0.05, 0) is 51.5 Å². The van der Waals surface area contributed by atoms with Crippen molar-refractivity contribution in [3.8, 4) is 0 Å². The van der Waals surface area contributed by atoms with Crippen LogP contribution in [0.25, 0.3) is 0 Å². The Hall–Kier alpha value is -2.15. The first-order valence-electron chi connectivity index (χ1n) is 7.48. The summed E-state index contributed by atoms with van der Waals surface area (Å²) in [7, 11) is 1.55. The van der Waals surface area contributed by atoms with E-state index in [9.17, 15) is 9.59 Å². The Morgan fingerprint density at radius 3 is 2.50 bits per heavy atom. The largest absolute Gasteiger partial charge is 0.384 e. The van der Waals surface area contributed by atoms with Crippen molar-refractivity contribution in [2.24, 2.45) is 10.7 Å². The van der Waals surface area contributed by atoms with Crippen LogP contribution in [0.15, 0.2) is 33.2 Å². The number of nitrogens with one attached hydrogen (secondary N) is 2. The van der Waals surface area contributed by atoms with Crippen molar-refractivity contribution in [2.45, 2.75) is 33.7 Å². The van der Waals surface area contributed by atoms with Crippen LogP contribution in [0.4, 0.5) is 5.69 Å². The second-order valence-electron chi connectivity index (χ2n) is 5.70. The molecule has 0 aromatic heterocycles. The monoisotopic (exact) mass is 394 g/mol. The molecular weight excluding hydrogens is 372 g/mol. The van der Waals surface area contributed by atoms with Crippen LogP contribution in [0.3, 0.4) is 0 Å². The van der Waals surface area contributed by atoms with Gasteiger partial charge in [0.05, 0.1) is 11.3 Å². The van der Waals surface area contributed by atoms with Crippen molar-refractivity contribution < 1.29 is 9.59 Å². The number of hydrogen-bond acceptors (Lipinski definition) is 3. The zero-order valence-corrected chi connectivity index (χ0v) is 16.1. The van der Waals surface area contributed by atoms with E-state index >= 15 is 0 Å². The molecule has 6 nitrogen and oxygen atoms in total. The molecule has 0 spiro atoms. The number of rotatable bonds is 5. The third-order valence-electron chi connectivity index (χ3n) is 3.18. The van der Waals surface area contributed by atoms with Crippen LogP contribution in [0.5, 0.6) is 0 Å². The summed E-state index contributed by atoms with van der Waals surface area (Å²) in [5.74, 6) is -0.334. The van der Waals surface area contributed by atoms with Crippen molar-refractivity contribution in [1.82, 2.24) is 5.32 Å². The maximum Gasteiger partial charge on any atom is 0.253 e. The molecule has 0 aliphatic heterocycles. The number of halogens is 1. The standard InChI is InChI=1S/C17H23BrN4O2/c1-9(2)21-17(24)13-8-12(18)6-10(3)15(13)22-16(23)11(4)7-14(19)20-5/h6-9H,1-5H3,(H2,19,20)(H,21,24)(H,22,23)/b11-7+. The van der Waals surface area contributed by atoms with Gasteiger partial charge >= 0.3 is 0 Å². The molecule has 0 radical (unpaired) electrons. The molecule has 0 aliphatic carbocycles. The minimum absolute atomic E-state index is 0.0115. The fraction of sp³-hybridized carbons (Fsp3) is 0.353. The van der Waals surface area contributed by atoms with Crippen molar-refractivity contribution in [3.63, 3.8) is 0 Å². The Balaban J connectivity index is 3.21. The molecule has 0 bridgehead atoms. The first-order valence-corrected chi connectivity index (χ1v) is 8.28. The van der Waals surface area contributed by atoms with Crippen molar-refractivity contribution in [2.75, 3.05) is 12.4 Å². The van der Waals surface area contributed by atoms with Crippen LogP contribution in [0.2, 0.25) is 0 Å². The van der Waals surface area contributed by atoms with Gasteiger partial charge in [-0.15, -0.1) is 0 Å². The number of amides is 2. The van der Waals surface area contributed by atoms with Crippen LogP contribution in [-0.4, -0.2) is 30.7 Å². The number of carbonyl (C=O) groups is 2. The lowest BCUT2D eigenvalue weighted by Crippen LogP contribution is -2.31. The molecule has 0 fully saturated rings. The minimum atomic E-state index is -0.342. The molecule has 2 amide bonds. The molecule has 1 aromatic carbocycles. The molecule has 1 aromatic rings. The van der Waals surface area contributed by atoms with Gasteiger partial charge in [-0.25, -0.2) is 0 Å². The number of nitrogens with zero attached hydrogens (tertiary/aromatic N) is 1. The number of nitrogens with two attached hydrogens (primary N) is 1. The lowest BCUT2D eigenvalue weighted by Gasteiger charge is -2.16. The second-order valence-corrected chi connectivity index (χ2v) is 6.62. The molecule has 4 N–H and O–H groups in total.